The minimum atomic E-state index is -0.590. The first-order valence-corrected chi connectivity index (χ1v) is 9.99. The summed E-state index contributed by atoms with van der Waals surface area (Å²) in [4.78, 5) is 45.0. The quantitative estimate of drug-likeness (QED) is 0.461. The second-order valence-electron chi connectivity index (χ2n) is 7.01. The number of rotatable bonds is 4. The second-order valence-corrected chi connectivity index (χ2v) is 7.42. The Labute approximate surface area is 188 Å². The standard InChI is InChI=1S/C23H20ClFN4O3/c1-14-6-9-17(10-7-14)22(32)28-23(27-20-4-3-5-21(31)26-20)29(15(2)30)13-16-8-11-19(25)18(24)12-16/h3-12H,13H2,1-2H3,(H2,26,27,28,31,32). The molecule has 0 aliphatic heterocycles. The van der Waals surface area contributed by atoms with Crippen molar-refractivity contribution in [3.8, 4) is 0 Å². The average molecular weight is 455 g/mol. The lowest BCUT2D eigenvalue weighted by Gasteiger charge is -2.23. The first-order valence-electron chi connectivity index (χ1n) is 9.61. The zero-order chi connectivity index (χ0) is 23.3. The fourth-order valence-electron chi connectivity index (χ4n) is 2.81. The number of hydrogen-bond donors (Lipinski definition) is 2. The number of guanidine groups is 1. The van der Waals surface area contributed by atoms with Gasteiger partial charge in [-0.05, 0) is 42.8 Å². The number of carbonyl (C=O) groups excluding carboxylic acids is 2. The number of amides is 2. The number of halogens is 2. The lowest BCUT2D eigenvalue weighted by atomic mass is 10.1. The van der Waals surface area contributed by atoms with Crippen molar-refractivity contribution >= 4 is 35.2 Å². The Morgan fingerprint density at radius 1 is 1.12 bits per heavy atom. The van der Waals surface area contributed by atoms with Crippen molar-refractivity contribution in [3.63, 3.8) is 0 Å². The molecule has 0 atom stereocenters. The van der Waals surface area contributed by atoms with Gasteiger partial charge in [-0.15, -0.1) is 0 Å². The molecule has 0 unspecified atom stereocenters. The van der Waals surface area contributed by atoms with Crippen molar-refractivity contribution in [3.05, 3.63) is 98.5 Å². The highest BCUT2D eigenvalue weighted by Crippen LogP contribution is 2.18. The van der Waals surface area contributed by atoms with Crippen molar-refractivity contribution in [2.75, 3.05) is 0 Å². The van der Waals surface area contributed by atoms with E-state index in [4.69, 9.17) is 11.6 Å². The summed E-state index contributed by atoms with van der Waals surface area (Å²) in [5, 5.41) is 2.54. The Hall–Kier alpha value is -3.78. The lowest BCUT2D eigenvalue weighted by molar-refractivity contribution is -0.125. The summed E-state index contributed by atoms with van der Waals surface area (Å²) in [5.41, 5.74) is 1.47. The number of nitrogens with one attached hydrogen (secondary N) is 2. The van der Waals surface area contributed by atoms with E-state index in [0.29, 0.717) is 11.1 Å². The van der Waals surface area contributed by atoms with Gasteiger partial charge < -0.3 is 4.98 Å². The van der Waals surface area contributed by atoms with Crippen molar-refractivity contribution in [2.45, 2.75) is 20.4 Å². The van der Waals surface area contributed by atoms with Gasteiger partial charge >= 0.3 is 0 Å². The smallest absolute Gasteiger partial charge is 0.257 e. The van der Waals surface area contributed by atoms with Crippen LogP contribution in [0.1, 0.15) is 28.4 Å². The molecule has 3 rings (SSSR count). The number of carbonyl (C=O) groups is 2. The van der Waals surface area contributed by atoms with Gasteiger partial charge in [-0.2, -0.15) is 4.99 Å². The molecule has 3 aromatic rings. The van der Waals surface area contributed by atoms with Crippen molar-refractivity contribution < 1.29 is 14.0 Å². The Bertz CT molecular complexity index is 1240. The third-order valence-electron chi connectivity index (χ3n) is 4.48. The Morgan fingerprint density at radius 3 is 2.47 bits per heavy atom. The molecule has 9 heteroatoms. The summed E-state index contributed by atoms with van der Waals surface area (Å²) in [7, 11) is 0. The maximum absolute atomic E-state index is 13.5. The van der Waals surface area contributed by atoms with E-state index in [0.717, 1.165) is 5.56 Å². The molecular formula is C23H20ClFN4O3. The van der Waals surface area contributed by atoms with E-state index in [1.54, 1.807) is 24.3 Å². The summed E-state index contributed by atoms with van der Waals surface area (Å²) in [6.07, 6.45) is 0. The molecule has 0 aliphatic rings. The van der Waals surface area contributed by atoms with E-state index < -0.39 is 23.2 Å². The number of benzene rings is 2. The van der Waals surface area contributed by atoms with Gasteiger partial charge in [0.15, 0.2) is 0 Å². The molecule has 2 N–H and O–H groups in total. The van der Waals surface area contributed by atoms with Crippen LogP contribution >= 0.6 is 11.6 Å². The van der Waals surface area contributed by atoms with Gasteiger partial charge in [0.1, 0.15) is 11.6 Å². The van der Waals surface area contributed by atoms with Crippen molar-refractivity contribution in [1.82, 2.24) is 15.2 Å². The van der Waals surface area contributed by atoms with Crippen LogP contribution in [0, 0.1) is 12.7 Å². The Kier molecular flexibility index (Phi) is 7.17. The molecule has 0 saturated carbocycles. The molecule has 0 bridgehead atoms. The molecule has 0 aliphatic carbocycles. The van der Waals surface area contributed by atoms with Crippen molar-refractivity contribution in [2.24, 2.45) is 4.99 Å². The molecule has 1 aromatic heterocycles. The van der Waals surface area contributed by atoms with E-state index in [1.807, 2.05) is 6.92 Å². The highest BCUT2D eigenvalue weighted by Gasteiger charge is 2.21. The second kappa shape index (κ2) is 10.0. The molecule has 2 amide bonds. The van der Waals surface area contributed by atoms with Crippen LogP contribution in [-0.4, -0.2) is 27.7 Å². The molecule has 2 aromatic carbocycles. The number of aliphatic imine (C=N–C) groups is 1. The number of hydrogen-bond acceptors (Lipinski definition) is 4. The summed E-state index contributed by atoms with van der Waals surface area (Å²) < 4.78 is 13.5. The zero-order valence-electron chi connectivity index (χ0n) is 17.4. The van der Waals surface area contributed by atoms with Crippen LogP contribution < -0.4 is 10.9 Å². The van der Waals surface area contributed by atoms with Gasteiger partial charge in [0, 0.05) is 18.6 Å². The Morgan fingerprint density at radius 2 is 1.84 bits per heavy atom. The van der Waals surface area contributed by atoms with E-state index in [1.165, 1.54) is 48.2 Å². The number of aromatic nitrogens is 1. The van der Waals surface area contributed by atoms with Crippen LogP contribution in [0.5, 0.6) is 0 Å². The predicted octanol–water partition coefficient (Wildman–Crippen LogP) is 3.94. The van der Waals surface area contributed by atoms with Crippen molar-refractivity contribution in [1.29, 1.82) is 0 Å². The monoisotopic (exact) mass is 454 g/mol. The number of nitrogens with zero attached hydrogens (tertiary/aromatic N) is 2. The van der Waals surface area contributed by atoms with Gasteiger partial charge in [0.2, 0.25) is 17.4 Å². The highest BCUT2D eigenvalue weighted by atomic mass is 35.5. The lowest BCUT2D eigenvalue weighted by Crippen LogP contribution is -2.46. The third kappa shape index (κ3) is 5.89. The van der Waals surface area contributed by atoms with E-state index in [9.17, 15) is 18.8 Å². The molecule has 164 valence electrons. The SMILES string of the molecule is CC(=O)N(Cc1ccc(F)c(Cl)c1)C(=Nc1cccc(=O)[nH]1)NC(=O)c1ccc(C)cc1. The fraction of sp³-hybridized carbons (Fsp3) is 0.130. The molecule has 32 heavy (non-hydrogen) atoms. The molecule has 1 heterocycles. The van der Waals surface area contributed by atoms with Crippen LogP contribution in [0.25, 0.3) is 0 Å². The van der Waals surface area contributed by atoms with Gasteiger partial charge in [-0.1, -0.05) is 41.4 Å². The maximum Gasteiger partial charge on any atom is 0.257 e. The molecular weight excluding hydrogens is 435 g/mol. The first-order chi connectivity index (χ1) is 15.2. The summed E-state index contributed by atoms with van der Waals surface area (Å²) >= 11 is 5.86. The summed E-state index contributed by atoms with van der Waals surface area (Å²) in [5.74, 6) is -1.49. The molecule has 0 fully saturated rings. The van der Waals surface area contributed by atoms with E-state index in [2.05, 4.69) is 15.3 Å². The zero-order valence-corrected chi connectivity index (χ0v) is 18.1. The van der Waals surface area contributed by atoms with E-state index in [-0.39, 0.29) is 23.3 Å². The Balaban J connectivity index is 2.00. The highest BCUT2D eigenvalue weighted by molar-refractivity contribution is 6.30. The van der Waals surface area contributed by atoms with Crippen LogP contribution in [0.3, 0.4) is 0 Å². The summed E-state index contributed by atoms with van der Waals surface area (Å²) in [6, 6.07) is 15.2. The maximum atomic E-state index is 13.5. The van der Waals surface area contributed by atoms with Crippen LogP contribution in [0.15, 0.2) is 70.5 Å². The summed E-state index contributed by atoms with van der Waals surface area (Å²) in [6.45, 7) is 3.15. The van der Waals surface area contributed by atoms with Gasteiger partial charge in [-0.25, -0.2) is 4.39 Å². The largest absolute Gasteiger partial charge is 0.307 e. The average Bonchev–Trinajstić information content (AvgIpc) is 2.74. The fourth-order valence-corrected chi connectivity index (χ4v) is 3.01. The minimum absolute atomic E-state index is 0.0423. The third-order valence-corrected chi connectivity index (χ3v) is 4.77. The van der Waals surface area contributed by atoms with Crippen LogP contribution in [-0.2, 0) is 11.3 Å². The van der Waals surface area contributed by atoms with E-state index >= 15 is 0 Å². The number of aryl methyl sites for hydroxylation is 1. The topological polar surface area (TPSA) is 94.6 Å². The number of pyridine rings is 1. The van der Waals surface area contributed by atoms with Crippen LogP contribution in [0.4, 0.5) is 10.2 Å². The number of aromatic amines is 1. The molecule has 7 nitrogen and oxygen atoms in total. The first kappa shape index (κ1) is 22.9. The molecule has 0 spiro atoms. The van der Waals surface area contributed by atoms with Gasteiger partial charge in [0.25, 0.3) is 5.91 Å². The predicted molar refractivity (Wildman–Crippen MR) is 120 cm³/mol. The number of H-pyrrole nitrogens is 1. The van der Waals surface area contributed by atoms with Gasteiger partial charge in [-0.3, -0.25) is 24.6 Å². The molecule has 0 radical (unpaired) electrons. The minimum Gasteiger partial charge on any atom is -0.307 e. The van der Waals surface area contributed by atoms with Gasteiger partial charge in [0.05, 0.1) is 11.6 Å². The normalized spacial score (nSPS) is 11.2. The molecule has 0 saturated heterocycles. The van der Waals surface area contributed by atoms with Crippen LogP contribution in [0.2, 0.25) is 5.02 Å².